The average Bonchev–Trinajstić information content (AvgIpc) is 2.62. The van der Waals surface area contributed by atoms with Gasteiger partial charge in [0.25, 0.3) is 5.56 Å². The van der Waals surface area contributed by atoms with E-state index in [-0.39, 0.29) is 18.5 Å². The van der Waals surface area contributed by atoms with Gasteiger partial charge in [-0.2, -0.15) is 5.26 Å². The molecule has 0 aliphatic heterocycles. The summed E-state index contributed by atoms with van der Waals surface area (Å²) in [6, 6.07) is 13.7. The Hall–Kier alpha value is -3.46. The van der Waals surface area contributed by atoms with E-state index in [2.05, 4.69) is 4.98 Å². The molecule has 0 radical (unpaired) electrons. The lowest BCUT2D eigenvalue weighted by Gasteiger charge is -2.08. The van der Waals surface area contributed by atoms with Gasteiger partial charge in [-0.3, -0.25) is 14.2 Å². The van der Waals surface area contributed by atoms with Crippen molar-refractivity contribution in [1.82, 2.24) is 9.55 Å². The number of hydrogen-bond acceptors (Lipinski definition) is 5. The Labute approximate surface area is 143 Å². The number of aryl methyl sites for hydroxylation is 2. The molecule has 0 N–H and O–H groups in total. The molecule has 0 saturated carbocycles. The number of carbonyl (C=O) groups excluding carboxylic acids is 1. The van der Waals surface area contributed by atoms with Crippen molar-refractivity contribution >= 4 is 16.9 Å². The Kier molecular flexibility index (Phi) is 4.57. The summed E-state index contributed by atoms with van der Waals surface area (Å²) in [4.78, 5) is 28.7. The molecule has 3 rings (SSSR count). The number of nitriles is 1. The second kappa shape index (κ2) is 6.97. The van der Waals surface area contributed by atoms with Gasteiger partial charge in [0.05, 0.1) is 35.3 Å². The van der Waals surface area contributed by atoms with Gasteiger partial charge in [-0.05, 0) is 42.8 Å². The third kappa shape index (κ3) is 3.56. The van der Waals surface area contributed by atoms with Gasteiger partial charge in [-0.1, -0.05) is 12.1 Å². The van der Waals surface area contributed by atoms with Gasteiger partial charge < -0.3 is 4.74 Å². The minimum atomic E-state index is -0.457. The van der Waals surface area contributed by atoms with Crippen molar-refractivity contribution in [1.29, 1.82) is 5.26 Å². The molecule has 124 valence electrons. The zero-order chi connectivity index (χ0) is 17.8. The van der Waals surface area contributed by atoms with Gasteiger partial charge >= 0.3 is 5.97 Å². The van der Waals surface area contributed by atoms with Crippen LogP contribution in [0.5, 0.6) is 5.75 Å². The molecule has 0 spiro atoms. The highest BCUT2D eigenvalue weighted by atomic mass is 16.5. The predicted molar refractivity (Wildman–Crippen MR) is 92.1 cm³/mol. The molecule has 0 fully saturated rings. The Morgan fingerprint density at radius 3 is 2.72 bits per heavy atom. The number of nitrogens with zero attached hydrogens (tertiary/aromatic N) is 3. The van der Waals surface area contributed by atoms with Gasteiger partial charge in [-0.15, -0.1) is 0 Å². The monoisotopic (exact) mass is 333 g/mol. The molecular formula is C19H15N3O3. The van der Waals surface area contributed by atoms with Gasteiger partial charge in [0, 0.05) is 6.54 Å². The molecule has 0 unspecified atom stereocenters. The fourth-order valence-electron chi connectivity index (χ4n) is 2.49. The normalized spacial score (nSPS) is 10.4. The van der Waals surface area contributed by atoms with Crippen LogP contribution in [0, 0.1) is 18.3 Å². The van der Waals surface area contributed by atoms with Crippen LogP contribution in [-0.2, 0) is 11.3 Å². The highest BCUT2D eigenvalue weighted by molar-refractivity contribution is 5.80. The topological polar surface area (TPSA) is 85.0 Å². The van der Waals surface area contributed by atoms with Crippen molar-refractivity contribution in [3.63, 3.8) is 0 Å². The molecule has 0 saturated heterocycles. The van der Waals surface area contributed by atoms with Crippen LogP contribution in [0.4, 0.5) is 0 Å². The second-order valence-corrected chi connectivity index (χ2v) is 5.57. The summed E-state index contributed by atoms with van der Waals surface area (Å²) in [7, 11) is 0. The van der Waals surface area contributed by atoms with Crippen LogP contribution in [0.25, 0.3) is 10.9 Å². The molecule has 6 heteroatoms. The smallest absolute Gasteiger partial charge is 0.312 e. The highest BCUT2D eigenvalue weighted by Gasteiger charge is 2.09. The van der Waals surface area contributed by atoms with Crippen molar-refractivity contribution in [3.05, 3.63) is 70.3 Å². The molecule has 2 aromatic carbocycles. The quantitative estimate of drug-likeness (QED) is 0.541. The third-order valence-corrected chi connectivity index (χ3v) is 3.83. The SMILES string of the molecule is Cc1cccc2c(=O)n(CCC(=O)Oc3ccc(C#N)cc3)cnc12. The minimum Gasteiger partial charge on any atom is -0.426 e. The maximum atomic E-state index is 12.5. The van der Waals surface area contributed by atoms with Crippen molar-refractivity contribution < 1.29 is 9.53 Å². The summed E-state index contributed by atoms with van der Waals surface area (Å²) >= 11 is 0. The summed E-state index contributed by atoms with van der Waals surface area (Å²) in [5, 5.41) is 9.27. The van der Waals surface area contributed by atoms with E-state index in [1.54, 1.807) is 30.3 Å². The van der Waals surface area contributed by atoms with Crippen LogP contribution in [0.3, 0.4) is 0 Å². The van der Waals surface area contributed by atoms with Gasteiger partial charge in [0.15, 0.2) is 0 Å². The molecular weight excluding hydrogens is 318 g/mol. The first-order chi connectivity index (χ1) is 12.1. The molecule has 6 nitrogen and oxygen atoms in total. The zero-order valence-corrected chi connectivity index (χ0v) is 13.6. The lowest BCUT2D eigenvalue weighted by molar-refractivity contribution is -0.134. The van der Waals surface area contributed by atoms with Crippen LogP contribution in [0.15, 0.2) is 53.6 Å². The van der Waals surface area contributed by atoms with Crippen molar-refractivity contribution in [2.45, 2.75) is 19.9 Å². The minimum absolute atomic E-state index is 0.0406. The van der Waals surface area contributed by atoms with Crippen LogP contribution < -0.4 is 10.3 Å². The molecule has 3 aromatic rings. The fraction of sp³-hybridized carbons (Fsp3) is 0.158. The number of esters is 1. The first-order valence-electron chi connectivity index (χ1n) is 7.74. The second-order valence-electron chi connectivity index (χ2n) is 5.57. The van der Waals surface area contributed by atoms with Crippen LogP contribution in [-0.4, -0.2) is 15.5 Å². The number of para-hydroxylation sites is 1. The first-order valence-corrected chi connectivity index (χ1v) is 7.74. The van der Waals surface area contributed by atoms with Crippen LogP contribution >= 0.6 is 0 Å². The lowest BCUT2D eigenvalue weighted by atomic mass is 10.1. The molecule has 1 aromatic heterocycles. The van der Waals surface area contributed by atoms with E-state index in [1.807, 2.05) is 25.1 Å². The number of benzene rings is 2. The average molecular weight is 333 g/mol. The third-order valence-electron chi connectivity index (χ3n) is 3.83. The van der Waals surface area contributed by atoms with Gasteiger partial charge in [0.2, 0.25) is 0 Å². The largest absolute Gasteiger partial charge is 0.426 e. The maximum Gasteiger partial charge on any atom is 0.312 e. The van der Waals surface area contributed by atoms with Crippen molar-refractivity contribution in [2.75, 3.05) is 0 Å². The van der Waals surface area contributed by atoms with E-state index >= 15 is 0 Å². The van der Waals surface area contributed by atoms with E-state index in [9.17, 15) is 9.59 Å². The standard InChI is InChI=1S/C19H15N3O3/c1-13-3-2-4-16-18(13)21-12-22(19(16)24)10-9-17(23)25-15-7-5-14(11-20)6-8-15/h2-8,12H,9-10H2,1H3. The Morgan fingerprint density at radius 2 is 2.00 bits per heavy atom. The van der Waals surface area contributed by atoms with Gasteiger partial charge in [0.1, 0.15) is 5.75 Å². The Morgan fingerprint density at radius 1 is 1.24 bits per heavy atom. The summed E-state index contributed by atoms with van der Waals surface area (Å²) in [6.07, 6.45) is 1.49. The molecule has 0 bridgehead atoms. The zero-order valence-electron chi connectivity index (χ0n) is 13.6. The van der Waals surface area contributed by atoms with Crippen molar-refractivity contribution in [2.24, 2.45) is 0 Å². The Balaban J connectivity index is 1.70. The summed E-state index contributed by atoms with van der Waals surface area (Å²) < 4.78 is 6.60. The molecule has 0 aliphatic carbocycles. The Bertz CT molecular complexity index is 1030. The predicted octanol–water partition coefficient (Wildman–Crippen LogP) is 2.57. The van der Waals surface area contributed by atoms with Crippen LogP contribution in [0.1, 0.15) is 17.5 Å². The van der Waals surface area contributed by atoms with Gasteiger partial charge in [-0.25, -0.2) is 4.98 Å². The van der Waals surface area contributed by atoms with E-state index in [4.69, 9.17) is 10.00 Å². The molecule has 0 aliphatic rings. The summed E-state index contributed by atoms with van der Waals surface area (Å²) in [6.45, 7) is 2.08. The number of aromatic nitrogens is 2. The van der Waals surface area contributed by atoms with Crippen LogP contribution in [0.2, 0.25) is 0 Å². The summed E-state index contributed by atoms with van der Waals surface area (Å²) in [5.74, 6) is -0.0930. The summed E-state index contributed by atoms with van der Waals surface area (Å²) in [5.41, 5.74) is 1.91. The molecule has 1 heterocycles. The fourth-order valence-corrected chi connectivity index (χ4v) is 2.49. The van der Waals surface area contributed by atoms with E-state index in [0.29, 0.717) is 22.2 Å². The number of carbonyl (C=O) groups is 1. The maximum absolute atomic E-state index is 12.5. The van der Waals surface area contributed by atoms with E-state index < -0.39 is 5.97 Å². The van der Waals surface area contributed by atoms with E-state index in [1.165, 1.54) is 10.9 Å². The first kappa shape index (κ1) is 16.4. The lowest BCUT2D eigenvalue weighted by Crippen LogP contribution is -2.23. The number of fused-ring (bicyclic) bond motifs is 1. The molecule has 0 amide bonds. The molecule has 25 heavy (non-hydrogen) atoms. The number of hydrogen-bond donors (Lipinski definition) is 0. The van der Waals surface area contributed by atoms with Crippen molar-refractivity contribution in [3.8, 4) is 11.8 Å². The van der Waals surface area contributed by atoms with E-state index in [0.717, 1.165) is 5.56 Å². The molecule has 0 atom stereocenters. The number of rotatable bonds is 4. The highest BCUT2D eigenvalue weighted by Crippen LogP contribution is 2.13. The number of ether oxygens (including phenoxy) is 1.